The lowest BCUT2D eigenvalue weighted by atomic mass is 10.2. The third kappa shape index (κ3) is 3.05. The third-order valence-electron chi connectivity index (χ3n) is 3.99. The van der Waals surface area contributed by atoms with Gasteiger partial charge in [-0.25, -0.2) is 4.98 Å². The summed E-state index contributed by atoms with van der Waals surface area (Å²) in [5.41, 5.74) is 8.61. The van der Waals surface area contributed by atoms with Crippen LogP contribution in [0.3, 0.4) is 0 Å². The first-order valence-electron chi connectivity index (χ1n) is 7.72. The van der Waals surface area contributed by atoms with Crippen molar-refractivity contribution in [1.82, 2.24) is 9.55 Å². The van der Waals surface area contributed by atoms with E-state index < -0.39 is 0 Å². The van der Waals surface area contributed by atoms with E-state index in [1.165, 1.54) is 0 Å². The zero-order valence-electron chi connectivity index (χ0n) is 13.8. The van der Waals surface area contributed by atoms with Crippen molar-refractivity contribution < 1.29 is 9.47 Å². The summed E-state index contributed by atoms with van der Waals surface area (Å²) in [7, 11) is 3.24. The number of nitrogens with two attached hydrogens (primary N) is 1. The van der Waals surface area contributed by atoms with Gasteiger partial charge in [-0.2, -0.15) is 0 Å². The smallest absolute Gasteiger partial charge is 0.163 e. The number of benzene rings is 2. The zero-order chi connectivity index (χ0) is 17.1. The summed E-state index contributed by atoms with van der Waals surface area (Å²) < 4.78 is 12.9. The molecular formula is C18H20ClN3O2. The lowest BCUT2D eigenvalue weighted by Gasteiger charge is -2.12. The second kappa shape index (κ2) is 7.11. The molecule has 1 heterocycles. The van der Waals surface area contributed by atoms with Gasteiger partial charge in [0.2, 0.25) is 0 Å². The van der Waals surface area contributed by atoms with Crippen molar-refractivity contribution in [3.63, 3.8) is 0 Å². The number of methoxy groups -OCH3 is 2. The lowest BCUT2D eigenvalue weighted by Crippen LogP contribution is -2.11. The number of hydrogen-bond donors (Lipinski definition) is 1. The largest absolute Gasteiger partial charge is 0.493 e. The SMILES string of the molecule is COc1cc2nc(CCN)n(Cc3ccccc3Cl)c2cc1OC. The van der Waals surface area contributed by atoms with Crippen LogP contribution in [0, 0.1) is 0 Å². The van der Waals surface area contributed by atoms with Crippen molar-refractivity contribution in [3.05, 3.63) is 52.8 Å². The van der Waals surface area contributed by atoms with Gasteiger partial charge in [0.25, 0.3) is 0 Å². The van der Waals surface area contributed by atoms with Crippen LogP contribution < -0.4 is 15.2 Å². The summed E-state index contributed by atoms with van der Waals surface area (Å²) >= 11 is 6.32. The Morgan fingerprint density at radius 3 is 2.50 bits per heavy atom. The van der Waals surface area contributed by atoms with Gasteiger partial charge in [-0.15, -0.1) is 0 Å². The van der Waals surface area contributed by atoms with E-state index in [0.29, 0.717) is 31.0 Å². The molecule has 3 aromatic rings. The van der Waals surface area contributed by atoms with Gasteiger partial charge < -0.3 is 19.8 Å². The van der Waals surface area contributed by atoms with Gasteiger partial charge in [-0.3, -0.25) is 0 Å². The molecule has 0 fully saturated rings. The van der Waals surface area contributed by atoms with E-state index in [1.54, 1.807) is 14.2 Å². The van der Waals surface area contributed by atoms with Crippen molar-refractivity contribution in [2.75, 3.05) is 20.8 Å². The molecule has 0 amide bonds. The molecule has 0 aliphatic carbocycles. The van der Waals surface area contributed by atoms with Crippen LogP contribution in [-0.2, 0) is 13.0 Å². The molecule has 3 rings (SSSR count). The molecule has 5 nitrogen and oxygen atoms in total. The van der Waals surface area contributed by atoms with Crippen molar-refractivity contribution in [2.45, 2.75) is 13.0 Å². The van der Waals surface area contributed by atoms with Crippen molar-refractivity contribution in [1.29, 1.82) is 0 Å². The minimum absolute atomic E-state index is 0.528. The Bertz CT molecular complexity index is 861. The fraction of sp³-hybridized carbons (Fsp3) is 0.278. The fourth-order valence-corrected chi connectivity index (χ4v) is 2.99. The molecule has 2 N–H and O–H groups in total. The van der Waals surface area contributed by atoms with E-state index >= 15 is 0 Å². The van der Waals surface area contributed by atoms with E-state index in [-0.39, 0.29) is 0 Å². The van der Waals surface area contributed by atoms with Crippen LogP contribution in [-0.4, -0.2) is 30.3 Å². The third-order valence-corrected chi connectivity index (χ3v) is 4.36. The van der Waals surface area contributed by atoms with Crippen molar-refractivity contribution in [3.8, 4) is 11.5 Å². The highest BCUT2D eigenvalue weighted by atomic mass is 35.5. The summed E-state index contributed by atoms with van der Waals surface area (Å²) in [6, 6.07) is 11.6. The Hall–Kier alpha value is -2.24. The Balaban J connectivity index is 2.16. The van der Waals surface area contributed by atoms with E-state index in [2.05, 4.69) is 4.57 Å². The molecule has 126 valence electrons. The summed E-state index contributed by atoms with van der Waals surface area (Å²) in [5.74, 6) is 2.25. The highest BCUT2D eigenvalue weighted by Gasteiger charge is 2.15. The first kappa shape index (κ1) is 16.6. The van der Waals surface area contributed by atoms with E-state index in [0.717, 1.165) is 27.4 Å². The van der Waals surface area contributed by atoms with E-state index in [1.807, 2.05) is 36.4 Å². The van der Waals surface area contributed by atoms with Crippen LogP contribution in [0.25, 0.3) is 11.0 Å². The maximum Gasteiger partial charge on any atom is 0.163 e. The van der Waals surface area contributed by atoms with Crippen molar-refractivity contribution in [2.24, 2.45) is 5.73 Å². The number of imidazole rings is 1. The predicted octanol–water partition coefficient (Wildman–Crippen LogP) is 3.26. The van der Waals surface area contributed by atoms with Crippen LogP contribution in [0.5, 0.6) is 11.5 Å². The predicted molar refractivity (Wildman–Crippen MR) is 96.1 cm³/mol. The maximum atomic E-state index is 6.32. The highest BCUT2D eigenvalue weighted by Crippen LogP contribution is 2.33. The second-order valence-corrected chi connectivity index (χ2v) is 5.85. The molecule has 24 heavy (non-hydrogen) atoms. The molecule has 0 spiro atoms. The lowest BCUT2D eigenvalue weighted by molar-refractivity contribution is 0.355. The molecular weight excluding hydrogens is 326 g/mol. The molecule has 2 aromatic carbocycles. The summed E-state index contributed by atoms with van der Waals surface area (Å²) in [4.78, 5) is 4.72. The average Bonchev–Trinajstić information content (AvgIpc) is 2.92. The molecule has 0 aliphatic rings. The quantitative estimate of drug-likeness (QED) is 0.745. The summed E-state index contributed by atoms with van der Waals surface area (Å²) in [6.07, 6.45) is 0.684. The molecule has 0 unspecified atom stereocenters. The number of halogens is 1. The van der Waals surface area contributed by atoms with Gasteiger partial charge in [-0.1, -0.05) is 29.8 Å². The summed E-state index contributed by atoms with van der Waals surface area (Å²) in [5, 5.41) is 0.735. The zero-order valence-corrected chi connectivity index (χ0v) is 14.5. The molecule has 0 saturated carbocycles. The minimum atomic E-state index is 0.528. The molecule has 0 radical (unpaired) electrons. The van der Waals surface area contributed by atoms with Gasteiger partial charge in [0.05, 0.1) is 31.8 Å². The van der Waals surface area contributed by atoms with E-state index in [4.69, 9.17) is 31.8 Å². The molecule has 0 bridgehead atoms. The Morgan fingerprint density at radius 2 is 1.83 bits per heavy atom. The fourth-order valence-electron chi connectivity index (χ4n) is 2.80. The Labute approximate surface area is 146 Å². The van der Waals surface area contributed by atoms with Crippen LogP contribution in [0.4, 0.5) is 0 Å². The van der Waals surface area contributed by atoms with Gasteiger partial charge >= 0.3 is 0 Å². The van der Waals surface area contributed by atoms with Gasteiger partial charge in [-0.05, 0) is 18.2 Å². The molecule has 6 heteroatoms. The summed E-state index contributed by atoms with van der Waals surface area (Å²) in [6.45, 7) is 1.15. The van der Waals surface area contributed by atoms with Crippen LogP contribution in [0.2, 0.25) is 5.02 Å². The first-order valence-corrected chi connectivity index (χ1v) is 8.10. The monoisotopic (exact) mass is 345 g/mol. The topological polar surface area (TPSA) is 62.3 Å². The number of fused-ring (bicyclic) bond motifs is 1. The number of hydrogen-bond acceptors (Lipinski definition) is 4. The average molecular weight is 346 g/mol. The molecule has 1 aromatic heterocycles. The molecule has 0 aliphatic heterocycles. The highest BCUT2D eigenvalue weighted by molar-refractivity contribution is 6.31. The van der Waals surface area contributed by atoms with E-state index in [9.17, 15) is 0 Å². The second-order valence-electron chi connectivity index (χ2n) is 5.44. The maximum absolute atomic E-state index is 6.32. The first-order chi connectivity index (χ1) is 11.7. The normalized spacial score (nSPS) is 11.0. The number of aromatic nitrogens is 2. The molecule has 0 saturated heterocycles. The Kier molecular flexibility index (Phi) is 4.92. The number of nitrogens with zero attached hydrogens (tertiary/aromatic N) is 2. The Morgan fingerprint density at radius 1 is 1.12 bits per heavy atom. The van der Waals surface area contributed by atoms with Crippen LogP contribution in [0.15, 0.2) is 36.4 Å². The number of rotatable bonds is 6. The van der Waals surface area contributed by atoms with Gasteiger partial charge in [0, 0.05) is 23.6 Å². The van der Waals surface area contributed by atoms with Gasteiger partial charge in [0.15, 0.2) is 11.5 Å². The van der Waals surface area contributed by atoms with Gasteiger partial charge in [0.1, 0.15) is 5.82 Å². The minimum Gasteiger partial charge on any atom is -0.493 e. The van der Waals surface area contributed by atoms with Crippen molar-refractivity contribution >= 4 is 22.6 Å². The van der Waals surface area contributed by atoms with Crippen LogP contribution in [0.1, 0.15) is 11.4 Å². The standard InChI is InChI=1S/C18H20ClN3O2/c1-23-16-9-14-15(10-17(16)24-2)22(18(21-14)7-8-20)11-12-5-3-4-6-13(12)19/h3-6,9-10H,7-8,11,20H2,1-2H3. The molecule has 0 atom stereocenters. The number of ether oxygens (including phenoxy) is 2. The van der Waals surface area contributed by atoms with Crippen LogP contribution >= 0.6 is 11.6 Å².